The Bertz CT molecular complexity index is 432. The van der Waals surface area contributed by atoms with E-state index in [1.165, 1.54) is 0 Å². The summed E-state index contributed by atoms with van der Waals surface area (Å²) in [6.45, 7) is 1.71. The van der Waals surface area contributed by atoms with Crippen LogP contribution < -0.4 is 5.32 Å². The Hall–Kier alpha value is -1.39. The molecule has 0 saturated carbocycles. The molecule has 1 amide bonds. The van der Waals surface area contributed by atoms with Gasteiger partial charge in [0, 0.05) is 0 Å². The highest BCUT2D eigenvalue weighted by atomic mass is 16.5. The van der Waals surface area contributed by atoms with Crippen LogP contribution >= 0.6 is 0 Å². The Kier molecular flexibility index (Phi) is 2.19. The number of morpholine rings is 1. The van der Waals surface area contributed by atoms with E-state index in [-0.39, 0.29) is 12.5 Å². The van der Waals surface area contributed by atoms with E-state index in [0.29, 0.717) is 19.8 Å². The third-order valence-electron chi connectivity index (χ3n) is 3.10. The van der Waals surface area contributed by atoms with Crippen LogP contribution in [0.15, 0.2) is 24.3 Å². The SMILES string of the molecule is O=C1COCC2(COCc3ccccc32)N1. The summed E-state index contributed by atoms with van der Waals surface area (Å²) in [7, 11) is 0. The number of rotatable bonds is 0. The summed E-state index contributed by atoms with van der Waals surface area (Å²) in [4.78, 5) is 11.5. The van der Waals surface area contributed by atoms with E-state index < -0.39 is 5.54 Å². The van der Waals surface area contributed by atoms with Crippen LogP contribution in [0.1, 0.15) is 11.1 Å². The first-order valence-corrected chi connectivity index (χ1v) is 5.35. The first-order valence-electron chi connectivity index (χ1n) is 5.35. The van der Waals surface area contributed by atoms with E-state index in [2.05, 4.69) is 5.32 Å². The number of carbonyl (C=O) groups is 1. The van der Waals surface area contributed by atoms with Gasteiger partial charge in [-0.1, -0.05) is 24.3 Å². The molecule has 1 N–H and O–H groups in total. The summed E-state index contributed by atoms with van der Waals surface area (Å²) in [6.07, 6.45) is 0. The van der Waals surface area contributed by atoms with Gasteiger partial charge in [-0.25, -0.2) is 0 Å². The lowest BCUT2D eigenvalue weighted by atomic mass is 9.85. The molecule has 2 aliphatic rings. The van der Waals surface area contributed by atoms with Crippen molar-refractivity contribution in [2.75, 3.05) is 19.8 Å². The molecule has 1 atom stereocenters. The number of hydrogen-bond acceptors (Lipinski definition) is 3. The van der Waals surface area contributed by atoms with Gasteiger partial charge in [0.15, 0.2) is 0 Å². The van der Waals surface area contributed by atoms with Gasteiger partial charge >= 0.3 is 0 Å². The fraction of sp³-hybridized carbons (Fsp3) is 0.417. The van der Waals surface area contributed by atoms with Crippen molar-refractivity contribution in [3.8, 4) is 0 Å². The minimum Gasteiger partial charge on any atom is -0.374 e. The summed E-state index contributed by atoms with van der Waals surface area (Å²) < 4.78 is 10.9. The van der Waals surface area contributed by atoms with Gasteiger partial charge in [-0.15, -0.1) is 0 Å². The van der Waals surface area contributed by atoms with Crippen molar-refractivity contribution in [3.63, 3.8) is 0 Å². The van der Waals surface area contributed by atoms with Crippen molar-refractivity contribution in [1.82, 2.24) is 5.32 Å². The molecule has 4 nitrogen and oxygen atoms in total. The standard InChI is InChI=1S/C12H13NO3/c14-11-6-16-8-12(13-11)7-15-5-9-3-1-2-4-10(9)12/h1-4H,5-8H2,(H,13,14). The van der Waals surface area contributed by atoms with Gasteiger partial charge in [0.05, 0.1) is 19.8 Å². The molecule has 0 aromatic heterocycles. The minimum absolute atomic E-state index is 0.0773. The molecule has 1 spiro atoms. The fourth-order valence-electron chi connectivity index (χ4n) is 2.41. The highest BCUT2D eigenvalue weighted by molar-refractivity contribution is 5.79. The molecule has 1 aromatic carbocycles. The van der Waals surface area contributed by atoms with Crippen LogP contribution in [0.5, 0.6) is 0 Å². The Morgan fingerprint density at radius 1 is 1.12 bits per heavy atom. The van der Waals surface area contributed by atoms with Crippen molar-refractivity contribution >= 4 is 5.91 Å². The second-order valence-corrected chi connectivity index (χ2v) is 4.27. The second-order valence-electron chi connectivity index (χ2n) is 4.27. The first-order chi connectivity index (χ1) is 7.80. The van der Waals surface area contributed by atoms with Crippen molar-refractivity contribution in [2.24, 2.45) is 0 Å². The van der Waals surface area contributed by atoms with Crippen LogP contribution in [0.4, 0.5) is 0 Å². The number of ether oxygens (including phenoxy) is 2. The summed E-state index contributed by atoms with van der Waals surface area (Å²) in [5.41, 5.74) is 1.76. The normalized spacial score (nSPS) is 28.6. The van der Waals surface area contributed by atoms with Crippen LogP contribution in [-0.2, 0) is 26.4 Å². The largest absolute Gasteiger partial charge is 0.374 e. The molecule has 1 aromatic rings. The smallest absolute Gasteiger partial charge is 0.246 e. The van der Waals surface area contributed by atoms with Gasteiger partial charge in [-0.2, -0.15) is 0 Å². The predicted molar refractivity (Wildman–Crippen MR) is 56.7 cm³/mol. The van der Waals surface area contributed by atoms with E-state index in [1.54, 1.807) is 0 Å². The van der Waals surface area contributed by atoms with Crippen LogP contribution in [-0.4, -0.2) is 25.7 Å². The molecule has 1 fully saturated rings. The Labute approximate surface area is 93.5 Å². The van der Waals surface area contributed by atoms with E-state index in [4.69, 9.17) is 9.47 Å². The highest BCUT2D eigenvalue weighted by Crippen LogP contribution is 2.32. The summed E-state index contributed by atoms with van der Waals surface area (Å²) in [6, 6.07) is 8.02. The van der Waals surface area contributed by atoms with Crippen molar-refractivity contribution < 1.29 is 14.3 Å². The third kappa shape index (κ3) is 1.42. The number of fused-ring (bicyclic) bond motifs is 2. The lowest BCUT2D eigenvalue weighted by Crippen LogP contribution is -2.58. The van der Waals surface area contributed by atoms with Gasteiger partial charge in [-0.3, -0.25) is 4.79 Å². The maximum Gasteiger partial charge on any atom is 0.246 e. The zero-order chi connectivity index (χ0) is 11.0. The van der Waals surface area contributed by atoms with Crippen LogP contribution in [0.2, 0.25) is 0 Å². The molecule has 2 aliphatic heterocycles. The van der Waals surface area contributed by atoms with Crippen LogP contribution in [0.3, 0.4) is 0 Å². The van der Waals surface area contributed by atoms with Gasteiger partial charge in [-0.05, 0) is 11.1 Å². The van der Waals surface area contributed by atoms with Crippen molar-refractivity contribution in [1.29, 1.82) is 0 Å². The molecule has 1 saturated heterocycles. The number of nitrogens with one attached hydrogen (secondary N) is 1. The molecule has 2 heterocycles. The Morgan fingerprint density at radius 3 is 2.69 bits per heavy atom. The predicted octanol–water partition coefficient (Wildman–Crippen LogP) is 0.558. The molecule has 3 rings (SSSR count). The monoisotopic (exact) mass is 219 g/mol. The summed E-state index contributed by atoms with van der Waals surface area (Å²) in [5.74, 6) is -0.0773. The third-order valence-corrected chi connectivity index (χ3v) is 3.10. The zero-order valence-electron chi connectivity index (χ0n) is 8.86. The number of hydrogen-bond donors (Lipinski definition) is 1. The van der Waals surface area contributed by atoms with Gasteiger partial charge in [0.25, 0.3) is 0 Å². The Balaban J connectivity index is 2.05. The second kappa shape index (κ2) is 3.57. The van der Waals surface area contributed by atoms with Gasteiger partial charge < -0.3 is 14.8 Å². The average molecular weight is 219 g/mol. The molecule has 0 aliphatic carbocycles. The maximum atomic E-state index is 11.5. The molecule has 16 heavy (non-hydrogen) atoms. The topological polar surface area (TPSA) is 47.6 Å². The number of benzene rings is 1. The van der Waals surface area contributed by atoms with Crippen molar-refractivity contribution in [3.05, 3.63) is 35.4 Å². The zero-order valence-corrected chi connectivity index (χ0v) is 8.86. The van der Waals surface area contributed by atoms with E-state index in [1.807, 2.05) is 24.3 Å². The summed E-state index contributed by atoms with van der Waals surface area (Å²) in [5, 5.41) is 3.00. The molecule has 4 heteroatoms. The maximum absolute atomic E-state index is 11.5. The lowest BCUT2D eigenvalue weighted by Gasteiger charge is -2.41. The quantitative estimate of drug-likeness (QED) is 0.693. The van der Waals surface area contributed by atoms with E-state index >= 15 is 0 Å². The minimum atomic E-state index is -0.482. The highest BCUT2D eigenvalue weighted by Gasteiger charge is 2.41. The number of carbonyl (C=O) groups excluding carboxylic acids is 1. The molecule has 0 bridgehead atoms. The van der Waals surface area contributed by atoms with Crippen molar-refractivity contribution in [2.45, 2.75) is 12.1 Å². The molecule has 84 valence electrons. The average Bonchev–Trinajstić information content (AvgIpc) is 2.30. The van der Waals surface area contributed by atoms with E-state index in [0.717, 1.165) is 11.1 Å². The molecule has 0 radical (unpaired) electrons. The van der Waals surface area contributed by atoms with Gasteiger partial charge in [0.2, 0.25) is 5.91 Å². The summed E-state index contributed by atoms with van der Waals surface area (Å²) >= 11 is 0. The van der Waals surface area contributed by atoms with Gasteiger partial charge in [0.1, 0.15) is 12.1 Å². The Morgan fingerprint density at radius 2 is 1.88 bits per heavy atom. The fourth-order valence-corrected chi connectivity index (χ4v) is 2.41. The lowest BCUT2D eigenvalue weighted by molar-refractivity contribution is -0.140. The van der Waals surface area contributed by atoms with Crippen LogP contribution in [0.25, 0.3) is 0 Å². The molecular weight excluding hydrogens is 206 g/mol. The van der Waals surface area contributed by atoms with Crippen LogP contribution in [0, 0.1) is 0 Å². The molecule has 1 unspecified atom stereocenters. The number of amides is 1. The van der Waals surface area contributed by atoms with E-state index in [9.17, 15) is 4.79 Å². The first kappa shape index (κ1) is 9.81. The molecular formula is C12H13NO3.